The van der Waals surface area contributed by atoms with Crippen LogP contribution in [0.15, 0.2) is 18.2 Å². The highest BCUT2D eigenvalue weighted by Gasteiger charge is 2.35. The van der Waals surface area contributed by atoms with Crippen LogP contribution in [0.1, 0.15) is 37.8 Å². The third kappa shape index (κ3) is 2.63. The van der Waals surface area contributed by atoms with Gasteiger partial charge in [0.1, 0.15) is 17.6 Å². The number of hydrogen-bond acceptors (Lipinski definition) is 4. The molecule has 3 rings (SSSR count). The van der Waals surface area contributed by atoms with Gasteiger partial charge in [-0.25, -0.2) is 0 Å². The molecule has 0 saturated carbocycles. The third-order valence-electron chi connectivity index (χ3n) is 4.17. The van der Waals surface area contributed by atoms with E-state index in [9.17, 15) is 0 Å². The van der Waals surface area contributed by atoms with Crippen LogP contribution in [-0.4, -0.2) is 32.5 Å². The summed E-state index contributed by atoms with van der Waals surface area (Å²) in [6, 6.07) is 6.43. The fraction of sp³-hybridized carbons (Fsp3) is 0.625. The summed E-state index contributed by atoms with van der Waals surface area (Å²) in [5, 5.41) is 3.56. The highest BCUT2D eigenvalue weighted by molar-refractivity contribution is 5.44. The molecule has 3 atom stereocenters. The fourth-order valence-corrected chi connectivity index (χ4v) is 3.17. The van der Waals surface area contributed by atoms with Crippen LogP contribution in [0.5, 0.6) is 11.5 Å². The van der Waals surface area contributed by atoms with Crippen LogP contribution in [0, 0.1) is 0 Å². The summed E-state index contributed by atoms with van der Waals surface area (Å²) in [4.78, 5) is 0. The molecule has 0 bridgehead atoms. The van der Waals surface area contributed by atoms with Crippen molar-refractivity contribution < 1.29 is 14.2 Å². The van der Waals surface area contributed by atoms with Gasteiger partial charge in [-0.15, -0.1) is 0 Å². The van der Waals surface area contributed by atoms with Crippen LogP contribution in [0.25, 0.3) is 0 Å². The number of fused-ring (bicyclic) bond motifs is 1. The van der Waals surface area contributed by atoms with E-state index in [0.29, 0.717) is 6.04 Å². The minimum Gasteiger partial charge on any atom is -0.497 e. The number of benzene rings is 1. The molecule has 0 radical (unpaired) electrons. The minimum atomic E-state index is 0.140. The van der Waals surface area contributed by atoms with E-state index in [1.54, 1.807) is 7.11 Å². The lowest BCUT2D eigenvalue weighted by atomic mass is 9.93. The van der Waals surface area contributed by atoms with E-state index in [1.807, 2.05) is 12.1 Å². The zero-order valence-corrected chi connectivity index (χ0v) is 12.2. The Bertz CT molecular complexity index is 457. The van der Waals surface area contributed by atoms with Crippen LogP contribution in [0.4, 0.5) is 0 Å². The Morgan fingerprint density at radius 3 is 2.95 bits per heavy atom. The standard InChI is InChI=1S/C16H23NO3/c1-3-17-13-10-16(14-5-4-8-19-14)20-15-9-11(18-2)6-7-12(13)15/h6-7,9,13-14,16-17H,3-5,8,10H2,1-2H3. The molecule has 1 fully saturated rings. The molecular formula is C16H23NO3. The fourth-order valence-electron chi connectivity index (χ4n) is 3.17. The Morgan fingerprint density at radius 1 is 1.35 bits per heavy atom. The van der Waals surface area contributed by atoms with Crippen LogP contribution >= 0.6 is 0 Å². The normalized spacial score (nSPS) is 28.8. The molecule has 110 valence electrons. The van der Waals surface area contributed by atoms with Gasteiger partial charge in [-0.2, -0.15) is 0 Å². The smallest absolute Gasteiger partial charge is 0.128 e. The number of nitrogens with one attached hydrogen (secondary N) is 1. The molecule has 0 aliphatic carbocycles. The average molecular weight is 277 g/mol. The second kappa shape index (κ2) is 6.02. The van der Waals surface area contributed by atoms with Crippen molar-refractivity contribution in [3.05, 3.63) is 23.8 Å². The lowest BCUT2D eigenvalue weighted by molar-refractivity contribution is -0.00446. The Morgan fingerprint density at radius 2 is 2.25 bits per heavy atom. The summed E-state index contributed by atoms with van der Waals surface area (Å²) >= 11 is 0. The molecule has 3 unspecified atom stereocenters. The second-order valence-electron chi connectivity index (χ2n) is 5.46. The minimum absolute atomic E-state index is 0.140. The van der Waals surface area contributed by atoms with E-state index in [-0.39, 0.29) is 12.2 Å². The molecule has 4 nitrogen and oxygen atoms in total. The summed E-state index contributed by atoms with van der Waals surface area (Å²) in [5.41, 5.74) is 1.22. The maximum atomic E-state index is 6.19. The van der Waals surface area contributed by atoms with Crippen LogP contribution in [0.3, 0.4) is 0 Å². The SMILES string of the molecule is CCNC1CC(C2CCCO2)Oc2cc(OC)ccc21. The third-order valence-corrected chi connectivity index (χ3v) is 4.17. The first-order chi connectivity index (χ1) is 9.81. The maximum Gasteiger partial charge on any atom is 0.128 e. The molecule has 1 saturated heterocycles. The van der Waals surface area contributed by atoms with Crippen molar-refractivity contribution in [2.24, 2.45) is 0 Å². The first-order valence-electron chi connectivity index (χ1n) is 7.51. The molecule has 1 N–H and O–H groups in total. The van der Waals surface area contributed by atoms with E-state index in [1.165, 1.54) is 5.56 Å². The van der Waals surface area contributed by atoms with Crippen molar-refractivity contribution in [2.75, 3.05) is 20.3 Å². The van der Waals surface area contributed by atoms with E-state index >= 15 is 0 Å². The van der Waals surface area contributed by atoms with Crippen molar-refractivity contribution in [3.63, 3.8) is 0 Å². The largest absolute Gasteiger partial charge is 0.497 e. The van der Waals surface area contributed by atoms with E-state index in [4.69, 9.17) is 14.2 Å². The lowest BCUT2D eigenvalue weighted by Crippen LogP contribution is -2.39. The quantitative estimate of drug-likeness (QED) is 0.918. The summed E-state index contributed by atoms with van der Waals surface area (Å²) in [7, 11) is 1.68. The number of rotatable bonds is 4. The van der Waals surface area contributed by atoms with Crippen molar-refractivity contribution in [1.82, 2.24) is 5.32 Å². The number of ether oxygens (including phenoxy) is 3. The van der Waals surface area contributed by atoms with Crippen LogP contribution in [-0.2, 0) is 4.74 Å². The molecule has 2 heterocycles. The topological polar surface area (TPSA) is 39.7 Å². The summed E-state index contributed by atoms with van der Waals surface area (Å²) in [6.45, 7) is 3.95. The molecule has 4 heteroatoms. The van der Waals surface area contributed by atoms with E-state index in [2.05, 4.69) is 18.3 Å². The molecule has 1 aromatic rings. The van der Waals surface area contributed by atoms with Crippen molar-refractivity contribution >= 4 is 0 Å². The molecule has 0 spiro atoms. The Kier molecular flexibility index (Phi) is 4.13. The Labute approximate surface area is 120 Å². The van der Waals surface area contributed by atoms with Gasteiger partial charge in [0.2, 0.25) is 0 Å². The Balaban J connectivity index is 1.86. The van der Waals surface area contributed by atoms with Gasteiger partial charge in [0.15, 0.2) is 0 Å². The van der Waals surface area contributed by atoms with Gasteiger partial charge >= 0.3 is 0 Å². The Hall–Kier alpha value is -1.26. The van der Waals surface area contributed by atoms with Crippen LogP contribution < -0.4 is 14.8 Å². The van der Waals surface area contributed by atoms with E-state index in [0.717, 1.165) is 43.9 Å². The molecule has 0 aromatic heterocycles. The van der Waals surface area contributed by atoms with Crippen LogP contribution in [0.2, 0.25) is 0 Å². The second-order valence-corrected chi connectivity index (χ2v) is 5.46. The molecular weight excluding hydrogens is 254 g/mol. The summed E-state index contributed by atoms with van der Waals surface area (Å²) in [5.74, 6) is 1.77. The van der Waals surface area contributed by atoms with E-state index < -0.39 is 0 Å². The van der Waals surface area contributed by atoms with Crippen molar-refractivity contribution in [3.8, 4) is 11.5 Å². The summed E-state index contributed by atoms with van der Waals surface area (Å²) in [6.07, 6.45) is 3.58. The molecule has 20 heavy (non-hydrogen) atoms. The van der Waals surface area contributed by atoms with Gasteiger partial charge in [-0.1, -0.05) is 13.0 Å². The maximum absolute atomic E-state index is 6.19. The predicted octanol–water partition coefficient (Wildman–Crippen LogP) is 2.68. The van der Waals surface area contributed by atoms with Gasteiger partial charge in [-0.3, -0.25) is 0 Å². The number of methoxy groups -OCH3 is 1. The van der Waals surface area contributed by atoms with Crippen molar-refractivity contribution in [2.45, 2.75) is 44.4 Å². The first kappa shape index (κ1) is 13.7. The zero-order chi connectivity index (χ0) is 13.9. The number of hydrogen-bond donors (Lipinski definition) is 1. The molecule has 2 aliphatic rings. The highest BCUT2D eigenvalue weighted by atomic mass is 16.5. The zero-order valence-electron chi connectivity index (χ0n) is 12.2. The van der Waals surface area contributed by atoms with Gasteiger partial charge in [-0.05, 0) is 25.5 Å². The monoisotopic (exact) mass is 277 g/mol. The first-order valence-corrected chi connectivity index (χ1v) is 7.51. The summed E-state index contributed by atoms with van der Waals surface area (Å²) < 4.78 is 17.3. The van der Waals surface area contributed by atoms with Gasteiger partial charge in [0, 0.05) is 30.7 Å². The highest BCUT2D eigenvalue weighted by Crippen LogP contribution is 2.39. The van der Waals surface area contributed by atoms with Gasteiger partial charge < -0.3 is 19.5 Å². The van der Waals surface area contributed by atoms with Gasteiger partial charge in [0.05, 0.1) is 13.2 Å². The van der Waals surface area contributed by atoms with Crippen molar-refractivity contribution in [1.29, 1.82) is 0 Å². The average Bonchev–Trinajstić information content (AvgIpc) is 3.01. The lowest BCUT2D eigenvalue weighted by Gasteiger charge is -2.35. The predicted molar refractivity (Wildman–Crippen MR) is 77.4 cm³/mol. The molecule has 2 aliphatic heterocycles. The van der Waals surface area contributed by atoms with Gasteiger partial charge in [0.25, 0.3) is 0 Å². The molecule has 0 amide bonds. The molecule has 1 aromatic carbocycles.